The summed E-state index contributed by atoms with van der Waals surface area (Å²) in [7, 11) is 0. The van der Waals surface area contributed by atoms with E-state index in [1.54, 1.807) is 18.2 Å². The van der Waals surface area contributed by atoms with Crippen LogP contribution in [0.25, 0.3) is 0 Å². The molecule has 2 heterocycles. The summed E-state index contributed by atoms with van der Waals surface area (Å²) >= 11 is 0. The third kappa shape index (κ3) is 7.00. The van der Waals surface area contributed by atoms with E-state index in [2.05, 4.69) is 15.2 Å². The van der Waals surface area contributed by atoms with E-state index in [0.29, 0.717) is 43.2 Å². The molecule has 1 N–H and O–H groups in total. The molecule has 0 spiro atoms. The van der Waals surface area contributed by atoms with Crippen LogP contribution in [0.4, 0.5) is 37.8 Å². The van der Waals surface area contributed by atoms with E-state index in [4.69, 9.17) is 0 Å². The smallest absolute Gasteiger partial charge is 0.355 e. The molecule has 37 heavy (non-hydrogen) atoms. The Balaban J connectivity index is 1.34. The SMILES string of the molecule is O=C(Nc1ccc(N2CCCN(Cc3cccc(C(F)(F)F)c3)CC2)nc1)c1cccc(C(F)(F)F)c1. The first-order valence-corrected chi connectivity index (χ1v) is 11.6. The van der Waals surface area contributed by atoms with Crippen LogP contribution < -0.4 is 10.2 Å². The van der Waals surface area contributed by atoms with Crippen LogP contribution in [0.3, 0.4) is 0 Å². The van der Waals surface area contributed by atoms with Gasteiger partial charge in [-0.05, 0) is 48.4 Å². The van der Waals surface area contributed by atoms with Crippen molar-refractivity contribution in [3.63, 3.8) is 0 Å². The van der Waals surface area contributed by atoms with Gasteiger partial charge in [0.15, 0.2) is 0 Å². The highest BCUT2D eigenvalue weighted by Crippen LogP contribution is 2.31. The number of rotatable bonds is 5. The van der Waals surface area contributed by atoms with Crippen LogP contribution in [-0.4, -0.2) is 42.0 Å². The zero-order valence-corrected chi connectivity index (χ0v) is 19.6. The van der Waals surface area contributed by atoms with Gasteiger partial charge in [-0.15, -0.1) is 0 Å². The molecule has 1 aliphatic heterocycles. The van der Waals surface area contributed by atoms with E-state index < -0.39 is 29.4 Å². The third-order valence-corrected chi connectivity index (χ3v) is 6.03. The number of hydrogen-bond acceptors (Lipinski definition) is 4. The van der Waals surface area contributed by atoms with Gasteiger partial charge in [0, 0.05) is 38.3 Å². The number of halogens is 6. The number of hydrogen-bond donors (Lipinski definition) is 1. The molecule has 0 unspecified atom stereocenters. The summed E-state index contributed by atoms with van der Waals surface area (Å²) < 4.78 is 77.7. The lowest BCUT2D eigenvalue weighted by Crippen LogP contribution is -2.31. The second-order valence-corrected chi connectivity index (χ2v) is 8.75. The number of carbonyl (C=O) groups excluding carboxylic acids is 1. The largest absolute Gasteiger partial charge is 0.416 e. The Morgan fingerprint density at radius 1 is 0.838 bits per heavy atom. The molecular formula is C26H24F6N4O. The summed E-state index contributed by atoms with van der Waals surface area (Å²) in [6, 6.07) is 12.8. The Kier molecular flexibility index (Phi) is 7.72. The number of nitrogens with zero attached hydrogens (tertiary/aromatic N) is 3. The summed E-state index contributed by atoms with van der Waals surface area (Å²) in [5, 5.41) is 2.55. The van der Waals surface area contributed by atoms with Crippen molar-refractivity contribution in [3.8, 4) is 0 Å². The highest BCUT2D eigenvalue weighted by atomic mass is 19.4. The number of amides is 1. The molecule has 1 amide bonds. The molecule has 1 aliphatic rings. The summed E-state index contributed by atoms with van der Waals surface area (Å²) in [6.07, 6.45) is -6.70. The molecule has 0 bridgehead atoms. The van der Waals surface area contributed by atoms with Crippen molar-refractivity contribution < 1.29 is 31.1 Å². The number of anilines is 2. The maximum atomic E-state index is 13.0. The average molecular weight is 522 g/mol. The van der Waals surface area contributed by atoms with Crippen molar-refractivity contribution in [2.45, 2.75) is 25.3 Å². The van der Waals surface area contributed by atoms with Crippen LogP contribution in [0, 0.1) is 0 Å². The molecule has 1 aromatic heterocycles. The Morgan fingerprint density at radius 3 is 2.22 bits per heavy atom. The molecule has 11 heteroatoms. The van der Waals surface area contributed by atoms with E-state index in [9.17, 15) is 31.1 Å². The van der Waals surface area contributed by atoms with Gasteiger partial charge in [0.2, 0.25) is 0 Å². The van der Waals surface area contributed by atoms with Gasteiger partial charge in [-0.1, -0.05) is 24.3 Å². The molecule has 2 aromatic carbocycles. The minimum absolute atomic E-state index is 0.118. The molecule has 0 radical (unpaired) electrons. The molecule has 1 saturated heterocycles. The minimum Gasteiger partial charge on any atom is -0.355 e. The van der Waals surface area contributed by atoms with Crippen LogP contribution in [0.5, 0.6) is 0 Å². The first-order valence-electron chi connectivity index (χ1n) is 11.6. The van der Waals surface area contributed by atoms with Gasteiger partial charge < -0.3 is 10.2 Å². The van der Waals surface area contributed by atoms with Gasteiger partial charge in [-0.3, -0.25) is 9.69 Å². The van der Waals surface area contributed by atoms with Crippen LogP contribution >= 0.6 is 0 Å². The Morgan fingerprint density at radius 2 is 1.54 bits per heavy atom. The van der Waals surface area contributed by atoms with Gasteiger partial charge in [0.25, 0.3) is 5.91 Å². The topological polar surface area (TPSA) is 48.5 Å². The van der Waals surface area contributed by atoms with E-state index in [0.717, 1.165) is 31.2 Å². The van der Waals surface area contributed by atoms with Crippen molar-refractivity contribution in [3.05, 3.63) is 89.1 Å². The van der Waals surface area contributed by atoms with Crippen LogP contribution in [-0.2, 0) is 18.9 Å². The fourth-order valence-electron chi connectivity index (χ4n) is 4.15. The quantitative estimate of drug-likeness (QED) is 0.413. The van der Waals surface area contributed by atoms with Crippen LogP contribution in [0.15, 0.2) is 66.9 Å². The number of alkyl halides is 6. The van der Waals surface area contributed by atoms with Crippen molar-refractivity contribution in [1.29, 1.82) is 0 Å². The normalized spacial score (nSPS) is 15.4. The summed E-state index contributed by atoms with van der Waals surface area (Å²) in [5.41, 5.74) is -0.746. The molecule has 196 valence electrons. The van der Waals surface area contributed by atoms with Crippen molar-refractivity contribution in [2.75, 3.05) is 36.4 Å². The maximum absolute atomic E-state index is 13.0. The number of benzene rings is 2. The van der Waals surface area contributed by atoms with Crippen molar-refractivity contribution in [2.24, 2.45) is 0 Å². The fraction of sp³-hybridized carbons (Fsp3) is 0.308. The average Bonchev–Trinajstić information content (AvgIpc) is 3.09. The zero-order chi connectivity index (χ0) is 26.6. The number of pyridine rings is 1. The summed E-state index contributed by atoms with van der Waals surface area (Å²) in [5.74, 6) is -0.0151. The first-order chi connectivity index (χ1) is 17.5. The fourth-order valence-corrected chi connectivity index (χ4v) is 4.15. The molecule has 1 fully saturated rings. The maximum Gasteiger partial charge on any atom is 0.416 e. The van der Waals surface area contributed by atoms with Gasteiger partial charge in [-0.2, -0.15) is 26.3 Å². The summed E-state index contributed by atoms with van der Waals surface area (Å²) in [4.78, 5) is 20.9. The third-order valence-electron chi connectivity index (χ3n) is 6.03. The van der Waals surface area contributed by atoms with E-state index in [1.807, 2.05) is 4.90 Å². The van der Waals surface area contributed by atoms with Crippen molar-refractivity contribution >= 4 is 17.4 Å². The predicted molar refractivity (Wildman–Crippen MR) is 127 cm³/mol. The second-order valence-electron chi connectivity index (χ2n) is 8.75. The van der Waals surface area contributed by atoms with Crippen LogP contribution in [0.1, 0.15) is 33.5 Å². The number of nitrogens with one attached hydrogen (secondary N) is 1. The van der Waals surface area contributed by atoms with E-state index >= 15 is 0 Å². The Labute approximate surface area is 209 Å². The lowest BCUT2D eigenvalue weighted by Gasteiger charge is -2.23. The molecule has 3 aromatic rings. The van der Waals surface area contributed by atoms with Crippen LogP contribution in [0.2, 0.25) is 0 Å². The standard InChI is InChI=1S/C26H24F6N4O/c27-25(28,29)20-6-1-4-18(14-20)17-35-10-3-11-36(13-12-35)23-9-8-22(16-33-23)34-24(37)19-5-2-7-21(15-19)26(30,31)32/h1-2,4-9,14-16H,3,10-13,17H2,(H,34,37). The molecule has 0 atom stereocenters. The zero-order valence-electron chi connectivity index (χ0n) is 19.6. The first kappa shape index (κ1) is 26.5. The monoisotopic (exact) mass is 522 g/mol. The highest BCUT2D eigenvalue weighted by molar-refractivity contribution is 6.04. The van der Waals surface area contributed by atoms with Gasteiger partial charge in [0.1, 0.15) is 5.82 Å². The Hall–Kier alpha value is -3.60. The lowest BCUT2D eigenvalue weighted by molar-refractivity contribution is -0.138. The highest BCUT2D eigenvalue weighted by Gasteiger charge is 2.31. The second kappa shape index (κ2) is 10.8. The van der Waals surface area contributed by atoms with Crippen molar-refractivity contribution in [1.82, 2.24) is 9.88 Å². The molecule has 4 rings (SSSR count). The predicted octanol–water partition coefficient (Wildman–Crippen LogP) is 6.08. The molecule has 0 saturated carbocycles. The van der Waals surface area contributed by atoms with E-state index in [1.165, 1.54) is 30.5 Å². The number of aromatic nitrogens is 1. The van der Waals surface area contributed by atoms with Gasteiger partial charge in [0.05, 0.1) is 23.0 Å². The molecular weight excluding hydrogens is 498 g/mol. The molecule has 0 aliphatic carbocycles. The Bertz CT molecular complexity index is 1230. The molecule has 5 nitrogen and oxygen atoms in total. The minimum atomic E-state index is -4.55. The lowest BCUT2D eigenvalue weighted by atomic mass is 10.1. The van der Waals surface area contributed by atoms with E-state index in [-0.39, 0.29) is 5.56 Å². The summed E-state index contributed by atoms with van der Waals surface area (Å²) in [6.45, 7) is 3.07. The van der Waals surface area contributed by atoms with Gasteiger partial charge in [-0.25, -0.2) is 4.98 Å². The number of carbonyl (C=O) groups is 1. The van der Waals surface area contributed by atoms with Gasteiger partial charge >= 0.3 is 12.4 Å².